The third-order valence-electron chi connectivity index (χ3n) is 6.78. The lowest BCUT2D eigenvalue weighted by Gasteiger charge is -2.27. The summed E-state index contributed by atoms with van der Waals surface area (Å²) >= 11 is 6.05. The Morgan fingerprint density at radius 3 is 2.48 bits per heavy atom. The molecule has 7 heteroatoms. The Balaban J connectivity index is 1.19. The van der Waals surface area contributed by atoms with Gasteiger partial charge in [0.25, 0.3) is 0 Å². The van der Waals surface area contributed by atoms with Gasteiger partial charge < -0.3 is 15.0 Å². The van der Waals surface area contributed by atoms with E-state index in [1.54, 1.807) is 0 Å². The van der Waals surface area contributed by atoms with E-state index < -0.39 is 0 Å². The van der Waals surface area contributed by atoms with Crippen molar-refractivity contribution in [1.82, 2.24) is 15.1 Å². The molecule has 1 aromatic heterocycles. The number of nitrogens with zero attached hydrogens (tertiary/aromatic N) is 3. The van der Waals surface area contributed by atoms with Crippen LogP contribution in [0.1, 0.15) is 50.0 Å². The van der Waals surface area contributed by atoms with Crippen molar-refractivity contribution < 1.29 is 9.53 Å². The fraction of sp³-hybridized carbons (Fsp3) is 0.750. The van der Waals surface area contributed by atoms with Crippen LogP contribution < -0.4 is 5.32 Å². The number of hydrogen-bond acceptors (Lipinski definition) is 5. The van der Waals surface area contributed by atoms with E-state index in [0.29, 0.717) is 34.9 Å². The highest BCUT2D eigenvalue weighted by molar-refractivity contribution is 6.29. The quantitative estimate of drug-likeness (QED) is 0.855. The molecule has 2 unspecified atom stereocenters. The third-order valence-corrected chi connectivity index (χ3v) is 6.97. The van der Waals surface area contributed by atoms with Crippen molar-refractivity contribution in [1.29, 1.82) is 0 Å². The first-order valence-corrected chi connectivity index (χ1v) is 10.7. The summed E-state index contributed by atoms with van der Waals surface area (Å²) in [6, 6.07) is 2.40. The number of carbonyl (C=O) groups excluding carboxylic acids is 1. The molecule has 0 aromatic carbocycles. The summed E-state index contributed by atoms with van der Waals surface area (Å²) in [5, 5.41) is 12.5. The SMILES string of the molecule is O=C(C1CCOCC1)N1CC2CC(Nc3nnc(Cl)cc3C3CC3)C[C@@H]2C1. The van der Waals surface area contributed by atoms with Gasteiger partial charge in [0, 0.05) is 43.8 Å². The lowest BCUT2D eigenvalue weighted by Crippen LogP contribution is -2.38. The maximum Gasteiger partial charge on any atom is 0.225 e. The van der Waals surface area contributed by atoms with Gasteiger partial charge in [0.2, 0.25) is 5.91 Å². The number of aromatic nitrogens is 2. The van der Waals surface area contributed by atoms with Gasteiger partial charge in [0.1, 0.15) is 0 Å². The number of amides is 1. The summed E-state index contributed by atoms with van der Waals surface area (Å²) < 4.78 is 5.40. The second kappa shape index (κ2) is 7.21. The fourth-order valence-electron chi connectivity index (χ4n) is 5.19. The molecule has 0 bridgehead atoms. The Morgan fingerprint density at radius 2 is 1.81 bits per heavy atom. The van der Waals surface area contributed by atoms with Crippen LogP contribution in [0, 0.1) is 17.8 Å². The minimum absolute atomic E-state index is 0.178. The van der Waals surface area contributed by atoms with Crippen LogP contribution in [-0.4, -0.2) is 53.3 Å². The zero-order valence-electron chi connectivity index (χ0n) is 15.6. The van der Waals surface area contributed by atoms with E-state index in [9.17, 15) is 4.79 Å². The fourth-order valence-corrected chi connectivity index (χ4v) is 5.35. The maximum absolute atomic E-state index is 12.8. The minimum Gasteiger partial charge on any atom is -0.381 e. The monoisotopic (exact) mass is 390 g/mol. The van der Waals surface area contributed by atoms with Crippen LogP contribution in [0.3, 0.4) is 0 Å². The molecule has 146 valence electrons. The molecule has 3 atom stereocenters. The number of anilines is 1. The van der Waals surface area contributed by atoms with Gasteiger partial charge in [-0.3, -0.25) is 4.79 Å². The largest absolute Gasteiger partial charge is 0.381 e. The normalized spacial score (nSPS) is 31.1. The van der Waals surface area contributed by atoms with Gasteiger partial charge in [0.15, 0.2) is 11.0 Å². The predicted octanol–water partition coefficient (Wildman–Crippen LogP) is 3.08. The number of hydrogen-bond donors (Lipinski definition) is 1. The smallest absolute Gasteiger partial charge is 0.225 e. The van der Waals surface area contributed by atoms with Crippen molar-refractivity contribution in [3.05, 3.63) is 16.8 Å². The van der Waals surface area contributed by atoms with E-state index >= 15 is 0 Å². The summed E-state index contributed by atoms with van der Waals surface area (Å²) in [6.07, 6.45) is 6.42. The van der Waals surface area contributed by atoms with Gasteiger partial charge in [-0.25, -0.2) is 0 Å². The van der Waals surface area contributed by atoms with Crippen LogP contribution >= 0.6 is 11.6 Å². The molecular formula is C20H27ClN4O2. The summed E-state index contributed by atoms with van der Waals surface area (Å²) in [6.45, 7) is 3.30. The average molecular weight is 391 g/mol. The molecule has 3 heterocycles. The molecule has 1 N–H and O–H groups in total. The van der Waals surface area contributed by atoms with Crippen molar-refractivity contribution in [2.45, 2.75) is 50.5 Å². The molecule has 0 spiro atoms. The second-order valence-corrected chi connectivity index (χ2v) is 9.10. The van der Waals surface area contributed by atoms with Crippen LogP contribution in [0.2, 0.25) is 5.15 Å². The van der Waals surface area contributed by atoms with E-state index in [4.69, 9.17) is 16.3 Å². The molecule has 6 nitrogen and oxygen atoms in total. The van der Waals surface area contributed by atoms with Gasteiger partial charge in [-0.2, -0.15) is 0 Å². The summed E-state index contributed by atoms with van der Waals surface area (Å²) in [5.41, 5.74) is 1.23. The number of rotatable bonds is 4. The minimum atomic E-state index is 0.178. The van der Waals surface area contributed by atoms with E-state index in [1.165, 1.54) is 18.4 Å². The molecule has 2 aliphatic carbocycles. The molecule has 1 aromatic rings. The van der Waals surface area contributed by atoms with E-state index in [-0.39, 0.29) is 5.92 Å². The number of ether oxygens (including phenoxy) is 1. The third kappa shape index (κ3) is 3.66. The lowest BCUT2D eigenvalue weighted by atomic mass is 9.98. The Labute approximate surface area is 165 Å². The highest BCUT2D eigenvalue weighted by Crippen LogP contribution is 2.45. The van der Waals surface area contributed by atoms with Crippen molar-refractivity contribution in [3.8, 4) is 0 Å². The number of fused-ring (bicyclic) bond motifs is 1. The van der Waals surface area contributed by atoms with Crippen molar-refractivity contribution >= 4 is 23.3 Å². The summed E-state index contributed by atoms with van der Waals surface area (Å²) in [5.74, 6) is 3.26. The standard InChI is InChI=1S/C20H27ClN4O2/c21-18-9-17(12-1-2-12)19(24-23-18)22-16-7-14-10-25(11-15(14)8-16)20(26)13-3-5-27-6-4-13/h9,12-16H,1-8,10-11H2,(H,22,24)/t14-,15?,16?/m1/s1. The molecule has 1 amide bonds. The Bertz CT molecular complexity index is 706. The second-order valence-electron chi connectivity index (χ2n) is 8.71. The zero-order chi connectivity index (χ0) is 18.4. The van der Waals surface area contributed by atoms with Gasteiger partial charge in [0.05, 0.1) is 0 Å². The molecule has 4 aliphatic rings. The molecule has 0 radical (unpaired) electrons. The van der Waals surface area contributed by atoms with E-state index in [0.717, 1.165) is 57.8 Å². The molecule has 27 heavy (non-hydrogen) atoms. The summed E-state index contributed by atoms with van der Waals surface area (Å²) in [7, 11) is 0. The zero-order valence-corrected chi connectivity index (χ0v) is 16.3. The summed E-state index contributed by atoms with van der Waals surface area (Å²) in [4.78, 5) is 14.9. The van der Waals surface area contributed by atoms with Crippen LogP contribution in [-0.2, 0) is 9.53 Å². The molecule has 2 aliphatic heterocycles. The van der Waals surface area contributed by atoms with Crippen molar-refractivity contribution in [2.24, 2.45) is 17.8 Å². The van der Waals surface area contributed by atoms with Crippen LogP contribution in [0.4, 0.5) is 5.82 Å². The molecule has 2 saturated carbocycles. The van der Waals surface area contributed by atoms with Crippen molar-refractivity contribution in [2.75, 3.05) is 31.6 Å². The highest BCUT2D eigenvalue weighted by atomic mass is 35.5. The Kier molecular flexibility index (Phi) is 4.72. The molecule has 4 fully saturated rings. The van der Waals surface area contributed by atoms with Gasteiger partial charge in [-0.15, -0.1) is 10.2 Å². The number of carbonyl (C=O) groups is 1. The lowest BCUT2D eigenvalue weighted by molar-refractivity contribution is -0.137. The van der Waals surface area contributed by atoms with Crippen LogP contribution in [0.25, 0.3) is 0 Å². The molecule has 2 saturated heterocycles. The van der Waals surface area contributed by atoms with Crippen molar-refractivity contribution in [3.63, 3.8) is 0 Å². The molecular weight excluding hydrogens is 364 g/mol. The Hall–Kier alpha value is -1.40. The van der Waals surface area contributed by atoms with Gasteiger partial charge >= 0.3 is 0 Å². The first-order chi connectivity index (χ1) is 13.2. The Morgan fingerprint density at radius 1 is 1.11 bits per heavy atom. The van der Waals surface area contributed by atoms with Gasteiger partial charge in [-0.05, 0) is 62.3 Å². The predicted molar refractivity (Wildman–Crippen MR) is 103 cm³/mol. The van der Waals surface area contributed by atoms with E-state index in [1.807, 2.05) is 6.07 Å². The number of likely N-dealkylation sites (tertiary alicyclic amines) is 1. The topological polar surface area (TPSA) is 67.3 Å². The first kappa shape index (κ1) is 17.7. The maximum atomic E-state index is 12.8. The number of nitrogens with one attached hydrogen (secondary N) is 1. The number of halogens is 1. The van der Waals surface area contributed by atoms with E-state index in [2.05, 4.69) is 20.4 Å². The highest BCUT2D eigenvalue weighted by Gasteiger charge is 2.44. The van der Waals surface area contributed by atoms with Gasteiger partial charge in [-0.1, -0.05) is 11.6 Å². The van der Waals surface area contributed by atoms with Crippen LogP contribution in [0.5, 0.6) is 0 Å². The molecule has 5 rings (SSSR count). The average Bonchev–Trinajstić information content (AvgIpc) is 3.35. The first-order valence-electron chi connectivity index (χ1n) is 10.3. The van der Waals surface area contributed by atoms with Crippen LogP contribution in [0.15, 0.2) is 6.07 Å².